The van der Waals surface area contributed by atoms with Crippen LogP contribution in [-0.2, 0) is 0 Å². The zero-order chi connectivity index (χ0) is 13.1. The molecular formula is C15H23N3S. The van der Waals surface area contributed by atoms with Crippen molar-refractivity contribution < 1.29 is 0 Å². The average molecular weight is 277 g/mol. The van der Waals surface area contributed by atoms with Gasteiger partial charge in [0.2, 0.25) is 0 Å². The molecule has 2 aliphatic heterocycles. The van der Waals surface area contributed by atoms with Gasteiger partial charge in [0.1, 0.15) is 0 Å². The molecule has 19 heavy (non-hydrogen) atoms. The van der Waals surface area contributed by atoms with E-state index < -0.39 is 0 Å². The minimum atomic E-state index is 0.879. The molecule has 2 heterocycles. The van der Waals surface area contributed by atoms with Crippen molar-refractivity contribution in [2.24, 2.45) is 0 Å². The molecule has 0 spiro atoms. The minimum absolute atomic E-state index is 0.879. The number of nitrogen functional groups attached to an aromatic ring is 1. The maximum absolute atomic E-state index is 5.88. The number of hydrogen-bond acceptors (Lipinski definition) is 4. The molecule has 1 fully saturated rings. The first-order valence-electron chi connectivity index (χ1n) is 7.32. The lowest BCUT2D eigenvalue weighted by Crippen LogP contribution is -2.39. The number of nitrogens with two attached hydrogens (primary N) is 1. The molecule has 0 atom stereocenters. The van der Waals surface area contributed by atoms with Crippen molar-refractivity contribution in [1.29, 1.82) is 0 Å². The molecule has 4 heteroatoms. The Labute approximate surface area is 120 Å². The fourth-order valence-corrected chi connectivity index (χ4v) is 4.07. The largest absolute Gasteiger partial charge is 0.399 e. The van der Waals surface area contributed by atoms with Crippen molar-refractivity contribution in [1.82, 2.24) is 4.90 Å². The van der Waals surface area contributed by atoms with Gasteiger partial charge in [0.05, 0.1) is 5.69 Å². The molecule has 2 N–H and O–H groups in total. The smallest absolute Gasteiger partial charge is 0.0506 e. The first-order valence-corrected chi connectivity index (χ1v) is 8.31. The SMILES string of the molecule is Nc1ccc2c(c1)SCCN2CCN1CCCCC1. The van der Waals surface area contributed by atoms with Gasteiger partial charge in [-0.15, -0.1) is 11.8 Å². The molecule has 0 aliphatic carbocycles. The van der Waals surface area contributed by atoms with E-state index in [1.54, 1.807) is 0 Å². The molecule has 0 unspecified atom stereocenters. The third kappa shape index (κ3) is 3.18. The molecule has 1 aromatic carbocycles. The van der Waals surface area contributed by atoms with E-state index in [0.717, 1.165) is 18.8 Å². The maximum Gasteiger partial charge on any atom is 0.0506 e. The Hall–Kier alpha value is -0.870. The Bertz CT molecular complexity index is 429. The van der Waals surface area contributed by atoms with Gasteiger partial charge < -0.3 is 15.5 Å². The van der Waals surface area contributed by atoms with Gasteiger partial charge in [-0.05, 0) is 44.1 Å². The van der Waals surface area contributed by atoms with Crippen LogP contribution >= 0.6 is 11.8 Å². The number of nitrogens with zero attached hydrogens (tertiary/aromatic N) is 2. The Morgan fingerprint density at radius 3 is 2.74 bits per heavy atom. The van der Waals surface area contributed by atoms with E-state index in [9.17, 15) is 0 Å². The normalized spacial score (nSPS) is 20.3. The fraction of sp³-hybridized carbons (Fsp3) is 0.600. The second-order valence-corrected chi connectivity index (χ2v) is 6.60. The molecule has 0 aromatic heterocycles. The maximum atomic E-state index is 5.88. The lowest BCUT2D eigenvalue weighted by atomic mass is 10.1. The van der Waals surface area contributed by atoms with Gasteiger partial charge in [-0.3, -0.25) is 0 Å². The summed E-state index contributed by atoms with van der Waals surface area (Å²) in [5.74, 6) is 1.18. The van der Waals surface area contributed by atoms with Gasteiger partial charge in [-0.25, -0.2) is 0 Å². The van der Waals surface area contributed by atoms with E-state index in [4.69, 9.17) is 5.73 Å². The Morgan fingerprint density at radius 1 is 1.05 bits per heavy atom. The number of piperidine rings is 1. The highest BCUT2D eigenvalue weighted by Crippen LogP contribution is 2.35. The van der Waals surface area contributed by atoms with E-state index in [1.165, 1.54) is 55.2 Å². The van der Waals surface area contributed by atoms with E-state index in [2.05, 4.69) is 21.9 Å². The molecule has 0 bridgehead atoms. The van der Waals surface area contributed by atoms with Crippen molar-refractivity contribution >= 4 is 23.1 Å². The molecule has 0 radical (unpaired) electrons. The summed E-state index contributed by atoms with van der Waals surface area (Å²) in [6.45, 7) is 6.09. The highest BCUT2D eigenvalue weighted by atomic mass is 32.2. The topological polar surface area (TPSA) is 32.5 Å². The molecule has 1 saturated heterocycles. The predicted octanol–water partition coefficient (Wildman–Crippen LogP) is 2.67. The second-order valence-electron chi connectivity index (χ2n) is 5.46. The fourth-order valence-electron chi connectivity index (χ4n) is 2.97. The number of benzene rings is 1. The van der Waals surface area contributed by atoms with E-state index >= 15 is 0 Å². The van der Waals surface area contributed by atoms with Gasteiger partial charge in [0, 0.05) is 36.0 Å². The summed E-state index contributed by atoms with van der Waals surface area (Å²) in [4.78, 5) is 6.49. The standard InChI is InChI=1S/C15H23N3S/c16-13-4-5-14-15(12-13)19-11-10-18(14)9-8-17-6-2-1-3-7-17/h4-5,12H,1-3,6-11,16H2. The zero-order valence-corrected chi connectivity index (χ0v) is 12.3. The van der Waals surface area contributed by atoms with Crippen LogP contribution in [0.15, 0.2) is 23.1 Å². The van der Waals surface area contributed by atoms with Crippen molar-refractivity contribution in [3.8, 4) is 0 Å². The van der Waals surface area contributed by atoms with Gasteiger partial charge in [0.25, 0.3) is 0 Å². The van der Waals surface area contributed by atoms with Crippen LogP contribution in [-0.4, -0.2) is 43.4 Å². The summed E-state index contributed by atoms with van der Waals surface area (Å²) < 4.78 is 0. The summed E-state index contributed by atoms with van der Waals surface area (Å²) >= 11 is 1.93. The van der Waals surface area contributed by atoms with Crippen molar-refractivity contribution in [2.75, 3.05) is 49.1 Å². The number of anilines is 2. The number of fused-ring (bicyclic) bond motifs is 1. The Kier molecular flexibility index (Phi) is 4.18. The Balaban J connectivity index is 1.63. The lowest BCUT2D eigenvalue weighted by Gasteiger charge is -2.34. The molecule has 0 saturated carbocycles. The van der Waals surface area contributed by atoms with E-state index in [0.29, 0.717) is 0 Å². The molecule has 0 amide bonds. The third-order valence-corrected chi connectivity index (χ3v) is 5.10. The molecular weight excluding hydrogens is 254 g/mol. The van der Waals surface area contributed by atoms with Crippen molar-refractivity contribution in [3.05, 3.63) is 18.2 Å². The third-order valence-electron chi connectivity index (χ3n) is 4.08. The van der Waals surface area contributed by atoms with Crippen LogP contribution in [0.5, 0.6) is 0 Å². The zero-order valence-electron chi connectivity index (χ0n) is 11.5. The van der Waals surface area contributed by atoms with Crippen LogP contribution in [0.3, 0.4) is 0 Å². The molecule has 2 aliphatic rings. The van der Waals surface area contributed by atoms with Gasteiger partial charge in [-0.1, -0.05) is 6.42 Å². The number of rotatable bonds is 3. The molecule has 104 valence electrons. The first kappa shape index (κ1) is 13.1. The van der Waals surface area contributed by atoms with Crippen LogP contribution in [0, 0.1) is 0 Å². The van der Waals surface area contributed by atoms with Gasteiger partial charge in [0.15, 0.2) is 0 Å². The second kappa shape index (κ2) is 6.06. The average Bonchev–Trinajstić information content (AvgIpc) is 2.45. The summed E-state index contributed by atoms with van der Waals surface area (Å²) in [6, 6.07) is 6.33. The van der Waals surface area contributed by atoms with Gasteiger partial charge in [-0.2, -0.15) is 0 Å². The highest BCUT2D eigenvalue weighted by molar-refractivity contribution is 7.99. The Morgan fingerprint density at radius 2 is 1.89 bits per heavy atom. The lowest BCUT2D eigenvalue weighted by molar-refractivity contribution is 0.233. The molecule has 1 aromatic rings. The molecule has 3 nitrogen and oxygen atoms in total. The van der Waals surface area contributed by atoms with Crippen LogP contribution in [0.1, 0.15) is 19.3 Å². The summed E-state index contributed by atoms with van der Waals surface area (Å²) in [7, 11) is 0. The summed E-state index contributed by atoms with van der Waals surface area (Å²) in [5, 5.41) is 0. The first-order chi connectivity index (χ1) is 9.33. The number of thioether (sulfide) groups is 1. The number of likely N-dealkylation sites (tertiary alicyclic amines) is 1. The van der Waals surface area contributed by atoms with E-state index in [-0.39, 0.29) is 0 Å². The highest BCUT2D eigenvalue weighted by Gasteiger charge is 2.18. The van der Waals surface area contributed by atoms with Gasteiger partial charge >= 0.3 is 0 Å². The van der Waals surface area contributed by atoms with Crippen molar-refractivity contribution in [2.45, 2.75) is 24.2 Å². The van der Waals surface area contributed by atoms with E-state index in [1.807, 2.05) is 17.8 Å². The summed E-state index contributed by atoms with van der Waals surface area (Å²) in [6.07, 6.45) is 4.17. The van der Waals surface area contributed by atoms with Crippen LogP contribution < -0.4 is 10.6 Å². The van der Waals surface area contributed by atoms with Crippen LogP contribution in [0.4, 0.5) is 11.4 Å². The predicted molar refractivity (Wildman–Crippen MR) is 84.1 cm³/mol. The number of hydrogen-bond donors (Lipinski definition) is 1. The quantitative estimate of drug-likeness (QED) is 0.861. The summed E-state index contributed by atoms with van der Waals surface area (Å²) in [5.41, 5.74) is 8.13. The molecule has 3 rings (SSSR count). The monoisotopic (exact) mass is 277 g/mol. The van der Waals surface area contributed by atoms with Crippen LogP contribution in [0.2, 0.25) is 0 Å². The minimum Gasteiger partial charge on any atom is -0.399 e. The van der Waals surface area contributed by atoms with Crippen LogP contribution in [0.25, 0.3) is 0 Å². The van der Waals surface area contributed by atoms with Crippen molar-refractivity contribution in [3.63, 3.8) is 0 Å².